The lowest BCUT2D eigenvalue weighted by atomic mass is 10.0. The summed E-state index contributed by atoms with van der Waals surface area (Å²) in [4.78, 5) is 37.7. The Balaban J connectivity index is 4.30. The molecule has 6 heteroatoms. The Labute approximate surface area is 323 Å². The predicted molar refractivity (Wildman–Crippen MR) is 220 cm³/mol. The van der Waals surface area contributed by atoms with Gasteiger partial charge in [0.05, 0.1) is 0 Å². The molecule has 0 saturated heterocycles. The lowest BCUT2D eigenvalue weighted by Gasteiger charge is -2.18. The highest BCUT2D eigenvalue weighted by atomic mass is 16.6. The first-order chi connectivity index (χ1) is 25.5. The molecule has 0 aliphatic rings. The normalized spacial score (nSPS) is 11.8. The zero-order valence-electron chi connectivity index (χ0n) is 35.1. The smallest absolute Gasteiger partial charge is 0.306 e. The molecule has 0 aromatic heterocycles. The van der Waals surface area contributed by atoms with Crippen LogP contribution in [0.4, 0.5) is 0 Å². The van der Waals surface area contributed by atoms with E-state index in [0.717, 1.165) is 57.8 Å². The Morgan fingerprint density at radius 2 is 0.519 bits per heavy atom. The number of hydrogen-bond acceptors (Lipinski definition) is 6. The predicted octanol–water partition coefficient (Wildman–Crippen LogP) is 14.5. The molecule has 0 aliphatic heterocycles. The van der Waals surface area contributed by atoms with E-state index in [0.29, 0.717) is 19.3 Å². The first-order valence-electron chi connectivity index (χ1n) is 23.0. The molecule has 0 aromatic carbocycles. The highest BCUT2D eigenvalue weighted by molar-refractivity contribution is 5.71. The molecule has 1 atom stereocenters. The van der Waals surface area contributed by atoms with Gasteiger partial charge in [-0.2, -0.15) is 0 Å². The minimum absolute atomic E-state index is 0.0627. The molecule has 0 amide bonds. The molecule has 308 valence electrons. The van der Waals surface area contributed by atoms with Gasteiger partial charge in [0.15, 0.2) is 6.10 Å². The summed E-state index contributed by atoms with van der Waals surface area (Å²) in [5.74, 6) is -0.852. The van der Waals surface area contributed by atoms with Crippen LogP contribution in [-0.4, -0.2) is 37.2 Å². The van der Waals surface area contributed by atoms with Gasteiger partial charge in [-0.1, -0.05) is 220 Å². The van der Waals surface area contributed by atoms with Crippen LogP contribution in [0, 0.1) is 0 Å². The second-order valence-corrected chi connectivity index (χ2v) is 15.7. The summed E-state index contributed by atoms with van der Waals surface area (Å²) in [5, 5.41) is 0. The highest BCUT2D eigenvalue weighted by Gasteiger charge is 2.19. The monoisotopic (exact) mass is 737 g/mol. The molecule has 6 nitrogen and oxygen atoms in total. The van der Waals surface area contributed by atoms with Crippen molar-refractivity contribution in [1.29, 1.82) is 0 Å². The summed E-state index contributed by atoms with van der Waals surface area (Å²) in [6.07, 6.45) is 42.2. The quantitative estimate of drug-likeness (QED) is 0.0353. The average molecular weight is 737 g/mol. The van der Waals surface area contributed by atoms with E-state index in [1.807, 2.05) is 0 Å². The zero-order valence-corrected chi connectivity index (χ0v) is 35.1. The van der Waals surface area contributed by atoms with Gasteiger partial charge >= 0.3 is 17.9 Å². The number of unbranched alkanes of at least 4 members (excludes halogenated alkanes) is 31. The molecule has 0 spiro atoms. The molecular weight excluding hydrogens is 648 g/mol. The first kappa shape index (κ1) is 50.4. The van der Waals surface area contributed by atoms with Crippen LogP contribution in [0.25, 0.3) is 0 Å². The fourth-order valence-corrected chi connectivity index (χ4v) is 6.85. The van der Waals surface area contributed by atoms with Crippen molar-refractivity contribution >= 4 is 17.9 Å². The van der Waals surface area contributed by atoms with Crippen LogP contribution in [0.15, 0.2) is 0 Å². The van der Waals surface area contributed by atoms with Crippen molar-refractivity contribution in [2.24, 2.45) is 0 Å². The molecule has 0 unspecified atom stereocenters. The van der Waals surface area contributed by atoms with E-state index in [-0.39, 0.29) is 31.1 Å². The van der Waals surface area contributed by atoms with Crippen LogP contribution in [0.2, 0.25) is 0 Å². The van der Waals surface area contributed by atoms with Crippen molar-refractivity contribution in [2.75, 3.05) is 13.2 Å². The lowest BCUT2D eigenvalue weighted by Crippen LogP contribution is -2.30. The maximum absolute atomic E-state index is 12.7. The van der Waals surface area contributed by atoms with E-state index in [9.17, 15) is 14.4 Å². The fourth-order valence-electron chi connectivity index (χ4n) is 6.85. The highest BCUT2D eigenvalue weighted by Crippen LogP contribution is 2.16. The molecule has 0 heterocycles. The molecule has 0 rings (SSSR count). The Bertz CT molecular complexity index is 768. The number of carbonyl (C=O) groups excluding carboxylic acids is 3. The number of rotatable bonds is 42. The van der Waals surface area contributed by atoms with Crippen molar-refractivity contribution in [2.45, 2.75) is 264 Å². The Kier molecular flexibility index (Phi) is 40.9. The first-order valence-corrected chi connectivity index (χ1v) is 23.0. The van der Waals surface area contributed by atoms with Crippen molar-refractivity contribution in [3.05, 3.63) is 0 Å². The van der Waals surface area contributed by atoms with Crippen molar-refractivity contribution in [3.8, 4) is 0 Å². The van der Waals surface area contributed by atoms with Gasteiger partial charge in [-0.05, 0) is 19.3 Å². The van der Waals surface area contributed by atoms with E-state index < -0.39 is 6.10 Å². The summed E-state index contributed by atoms with van der Waals surface area (Å²) in [7, 11) is 0. The Morgan fingerprint density at radius 1 is 0.308 bits per heavy atom. The molecular formula is C46H88O6. The van der Waals surface area contributed by atoms with E-state index in [1.54, 1.807) is 0 Å². The van der Waals surface area contributed by atoms with Crippen LogP contribution in [0.1, 0.15) is 258 Å². The number of hydrogen-bond donors (Lipinski definition) is 0. The van der Waals surface area contributed by atoms with Gasteiger partial charge in [-0.3, -0.25) is 14.4 Å². The molecule has 0 aliphatic carbocycles. The Morgan fingerprint density at radius 3 is 0.769 bits per heavy atom. The fraction of sp³-hybridized carbons (Fsp3) is 0.935. The molecule has 0 radical (unpaired) electrons. The third kappa shape index (κ3) is 39.6. The second kappa shape index (κ2) is 42.2. The summed E-state index contributed by atoms with van der Waals surface area (Å²) in [6.45, 7) is 6.63. The van der Waals surface area contributed by atoms with Crippen LogP contribution < -0.4 is 0 Å². The van der Waals surface area contributed by atoms with E-state index >= 15 is 0 Å². The average Bonchev–Trinajstić information content (AvgIpc) is 3.14. The molecule has 52 heavy (non-hydrogen) atoms. The molecule has 0 bridgehead atoms. The van der Waals surface area contributed by atoms with Gasteiger partial charge in [0.1, 0.15) is 13.2 Å². The van der Waals surface area contributed by atoms with Crippen molar-refractivity contribution in [3.63, 3.8) is 0 Å². The van der Waals surface area contributed by atoms with Crippen molar-refractivity contribution < 1.29 is 28.6 Å². The van der Waals surface area contributed by atoms with Crippen molar-refractivity contribution in [1.82, 2.24) is 0 Å². The van der Waals surface area contributed by atoms with Crippen LogP contribution in [0.5, 0.6) is 0 Å². The molecule has 0 fully saturated rings. The maximum Gasteiger partial charge on any atom is 0.306 e. The zero-order chi connectivity index (χ0) is 38.0. The maximum atomic E-state index is 12.7. The summed E-state index contributed by atoms with van der Waals surface area (Å²) >= 11 is 0. The summed E-state index contributed by atoms with van der Waals surface area (Å²) in [5.41, 5.74) is 0. The molecule has 0 saturated carbocycles. The Hall–Kier alpha value is -1.59. The summed E-state index contributed by atoms with van der Waals surface area (Å²) < 4.78 is 16.7. The molecule has 0 N–H and O–H groups in total. The SMILES string of the molecule is CCCCCCCCCCCCCCCC(=O)OC[C@H](COC(=O)CCCCCCCCCCCCC)OC(=O)CCCCCCCCCCCC. The number of ether oxygens (including phenoxy) is 3. The minimum Gasteiger partial charge on any atom is -0.462 e. The van der Waals surface area contributed by atoms with Gasteiger partial charge in [0.25, 0.3) is 0 Å². The second-order valence-electron chi connectivity index (χ2n) is 15.7. The van der Waals surface area contributed by atoms with Gasteiger partial charge < -0.3 is 14.2 Å². The van der Waals surface area contributed by atoms with Gasteiger partial charge in [-0.25, -0.2) is 0 Å². The molecule has 0 aromatic rings. The van der Waals surface area contributed by atoms with Gasteiger partial charge in [0.2, 0.25) is 0 Å². The lowest BCUT2D eigenvalue weighted by molar-refractivity contribution is -0.167. The van der Waals surface area contributed by atoms with Crippen LogP contribution >= 0.6 is 0 Å². The number of esters is 3. The summed E-state index contributed by atoms with van der Waals surface area (Å²) in [6, 6.07) is 0. The van der Waals surface area contributed by atoms with E-state index in [1.165, 1.54) is 161 Å². The third-order valence-corrected chi connectivity index (χ3v) is 10.4. The van der Waals surface area contributed by atoms with E-state index in [2.05, 4.69) is 20.8 Å². The van der Waals surface area contributed by atoms with Crippen LogP contribution in [-0.2, 0) is 28.6 Å². The van der Waals surface area contributed by atoms with Gasteiger partial charge in [0, 0.05) is 19.3 Å². The topological polar surface area (TPSA) is 78.9 Å². The van der Waals surface area contributed by atoms with Crippen LogP contribution in [0.3, 0.4) is 0 Å². The minimum atomic E-state index is -0.757. The van der Waals surface area contributed by atoms with Gasteiger partial charge in [-0.15, -0.1) is 0 Å². The largest absolute Gasteiger partial charge is 0.462 e. The standard InChI is InChI=1S/C46H88O6/c1-4-7-10-13-16-19-22-23-25-28-30-33-36-39-45(48)51-42-43(52-46(49)40-37-34-31-26-21-18-15-12-9-6-3)41-50-44(47)38-35-32-29-27-24-20-17-14-11-8-5-2/h43H,4-42H2,1-3H3/t43-/m0/s1. The third-order valence-electron chi connectivity index (χ3n) is 10.4. The number of carbonyl (C=O) groups is 3. The van der Waals surface area contributed by atoms with E-state index in [4.69, 9.17) is 14.2 Å².